The Labute approximate surface area is 77.3 Å². The molecule has 13 heavy (non-hydrogen) atoms. The summed E-state index contributed by atoms with van der Waals surface area (Å²) in [4.78, 5) is 21.5. The molecule has 1 aliphatic rings. The van der Waals surface area contributed by atoms with Crippen LogP contribution in [0.2, 0.25) is 0 Å². The third-order valence-corrected chi connectivity index (χ3v) is 2.06. The van der Waals surface area contributed by atoms with Crippen molar-refractivity contribution in [1.29, 1.82) is 0 Å². The third kappa shape index (κ3) is 4.50. The highest BCUT2D eigenvalue weighted by Crippen LogP contribution is 2.32. The highest BCUT2D eigenvalue weighted by Gasteiger charge is 2.24. The fourth-order valence-corrected chi connectivity index (χ4v) is 1.23. The summed E-state index contributed by atoms with van der Waals surface area (Å²) in [6.45, 7) is 1.71. The molecule has 1 amide bonds. The first-order chi connectivity index (χ1) is 6.08. The van der Waals surface area contributed by atoms with Gasteiger partial charge in [-0.2, -0.15) is 0 Å². The van der Waals surface area contributed by atoms with E-state index in [1.807, 2.05) is 0 Å². The van der Waals surface area contributed by atoms with Gasteiger partial charge in [0.05, 0.1) is 6.42 Å². The van der Waals surface area contributed by atoms with Crippen molar-refractivity contribution in [1.82, 2.24) is 5.32 Å². The van der Waals surface area contributed by atoms with Crippen molar-refractivity contribution in [3.8, 4) is 0 Å². The Hall–Kier alpha value is -1.06. The van der Waals surface area contributed by atoms with Gasteiger partial charge < -0.3 is 10.4 Å². The summed E-state index contributed by atoms with van der Waals surface area (Å²) in [5.41, 5.74) is 0. The fourth-order valence-electron chi connectivity index (χ4n) is 1.23. The predicted molar refractivity (Wildman–Crippen MR) is 47.2 cm³/mol. The van der Waals surface area contributed by atoms with Crippen molar-refractivity contribution < 1.29 is 14.7 Å². The van der Waals surface area contributed by atoms with Crippen LogP contribution in [0.5, 0.6) is 0 Å². The lowest BCUT2D eigenvalue weighted by Gasteiger charge is -2.10. The Balaban J connectivity index is 2.13. The minimum atomic E-state index is -0.876. The summed E-state index contributed by atoms with van der Waals surface area (Å²) < 4.78 is 0. The van der Waals surface area contributed by atoms with Gasteiger partial charge in [-0.3, -0.25) is 9.59 Å². The van der Waals surface area contributed by atoms with E-state index in [2.05, 4.69) is 5.32 Å². The summed E-state index contributed by atoms with van der Waals surface area (Å²) >= 11 is 0. The first-order valence-corrected chi connectivity index (χ1v) is 4.59. The first kappa shape index (κ1) is 10.0. The lowest BCUT2D eigenvalue weighted by atomic mass is 10.2. The molecule has 0 aromatic carbocycles. The lowest BCUT2D eigenvalue weighted by molar-refractivity contribution is -0.137. The molecule has 1 unspecified atom stereocenters. The van der Waals surface area contributed by atoms with E-state index < -0.39 is 5.97 Å². The van der Waals surface area contributed by atoms with E-state index in [1.165, 1.54) is 0 Å². The maximum absolute atomic E-state index is 11.2. The van der Waals surface area contributed by atoms with Crippen molar-refractivity contribution in [2.24, 2.45) is 5.92 Å². The molecule has 1 saturated carbocycles. The van der Waals surface area contributed by atoms with E-state index in [9.17, 15) is 9.59 Å². The monoisotopic (exact) mass is 185 g/mol. The van der Waals surface area contributed by atoms with Crippen LogP contribution in [0.1, 0.15) is 32.6 Å². The first-order valence-electron chi connectivity index (χ1n) is 4.59. The van der Waals surface area contributed by atoms with Crippen LogP contribution in [0, 0.1) is 5.92 Å². The molecule has 74 valence electrons. The van der Waals surface area contributed by atoms with E-state index >= 15 is 0 Å². The van der Waals surface area contributed by atoms with Crippen molar-refractivity contribution in [2.75, 3.05) is 0 Å². The number of carboxylic acids is 1. The molecule has 0 aliphatic heterocycles. The number of nitrogens with one attached hydrogen (secondary N) is 1. The highest BCUT2D eigenvalue weighted by molar-refractivity contribution is 5.77. The Morgan fingerprint density at radius 3 is 2.62 bits per heavy atom. The third-order valence-electron chi connectivity index (χ3n) is 2.06. The van der Waals surface area contributed by atoms with E-state index in [1.54, 1.807) is 6.92 Å². The molecule has 2 N–H and O–H groups in total. The molecule has 0 spiro atoms. The second-order valence-electron chi connectivity index (χ2n) is 3.71. The molecular weight excluding hydrogens is 170 g/mol. The summed E-state index contributed by atoms with van der Waals surface area (Å²) in [6.07, 6.45) is 2.84. The van der Waals surface area contributed by atoms with Crippen LogP contribution in [0.25, 0.3) is 0 Å². The van der Waals surface area contributed by atoms with Crippen LogP contribution in [0.4, 0.5) is 0 Å². The molecule has 0 heterocycles. The molecule has 4 heteroatoms. The van der Waals surface area contributed by atoms with Crippen LogP contribution in [-0.4, -0.2) is 23.0 Å². The average Bonchev–Trinajstić information content (AvgIpc) is 2.67. The Bertz CT molecular complexity index is 211. The van der Waals surface area contributed by atoms with Gasteiger partial charge in [-0.1, -0.05) is 0 Å². The van der Waals surface area contributed by atoms with Crippen molar-refractivity contribution in [3.05, 3.63) is 0 Å². The average molecular weight is 185 g/mol. The molecule has 1 atom stereocenters. The molecular formula is C9H15NO3. The smallest absolute Gasteiger partial charge is 0.305 e. The molecule has 0 saturated heterocycles. The van der Waals surface area contributed by atoms with Gasteiger partial charge in [0.1, 0.15) is 0 Å². The fraction of sp³-hybridized carbons (Fsp3) is 0.778. The molecule has 1 fully saturated rings. The van der Waals surface area contributed by atoms with Crippen LogP contribution in [-0.2, 0) is 9.59 Å². The van der Waals surface area contributed by atoms with Gasteiger partial charge in [-0.25, -0.2) is 0 Å². The van der Waals surface area contributed by atoms with Gasteiger partial charge in [-0.05, 0) is 25.7 Å². The van der Waals surface area contributed by atoms with Crippen molar-refractivity contribution >= 4 is 11.9 Å². The summed E-state index contributed by atoms with van der Waals surface area (Å²) in [5, 5.41) is 11.1. The van der Waals surface area contributed by atoms with E-state index in [0.717, 1.165) is 12.8 Å². The van der Waals surface area contributed by atoms with Crippen molar-refractivity contribution in [2.45, 2.75) is 38.6 Å². The van der Waals surface area contributed by atoms with E-state index in [0.29, 0.717) is 12.3 Å². The van der Waals surface area contributed by atoms with Gasteiger partial charge in [0.2, 0.25) is 5.91 Å². The van der Waals surface area contributed by atoms with Gasteiger partial charge in [-0.15, -0.1) is 0 Å². The molecule has 1 aliphatic carbocycles. The SMILES string of the molecule is CC(CC(=O)O)NC(=O)CC1CC1. The Morgan fingerprint density at radius 1 is 1.54 bits per heavy atom. The van der Waals surface area contributed by atoms with Crippen molar-refractivity contribution in [3.63, 3.8) is 0 Å². The number of hydrogen-bond acceptors (Lipinski definition) is 2. The zero-order valence-corrected chi connectivity index (χ0v) is 7.75. The number of hydrogen-bond donors (Lipinski definition) is 2. The summed E-state index contributed by atoms with van der Waals surface area (Å²) in [6, 6.07) is -0.260. The number of rotatable bonds is 5. The molecule has 1 rings (SSSR count). The molecule has 0 aromatic rings. The number of amides is 1. The lowest BCUT2D eigenvalue weighted by Crippen LogP contribution is -2.34. The number of aliphatic carboxylic acids is 1. The summed E-state index contributed by atoms with van der Waals surface area (Å²) in [5.74, 6) is -0.340. The van der Waals surface area contributed by atoms with E-state index in [-0.39, 0.29) is 18.4 Å². The predicted octanol–water partition coefficient (Wildman–Crippen LogP) is 0.766. The maximum atomic E-state index is 11.2. The Morgan fingerprint density at radius 2 is 2.15 bits per heavy atom. The summed E-state index contributed by atoms with van der Waals surface area (Å²) in [7, 11) is 0. The largest absolute Gasteiger partial charge is 0.481 e. The normalized spacial score (nSPS) is 17.9. The van der Waals surface area contributed by atoms with E-state index in [4.69, 9.17) is 5.11 Å². The standard InChI is InChI=1S/C9H15NO3/c1-6(4-9(12)13)10-8(11)5-7-2-3-7/h6-7H,2-5H2,1H3,(H,10,11)(H,12,13). The minimum Gasteiger partial charge on any atom is -0.481 e. The second-order valence-corrected chi connectivity index (χ2v) is 3.71. The molecule has 0 bridgehead atoms. The number of carbonyl (C=O) groups is 2. The quantitative estimate of drug-likeness (QED) is 0.664. The molecule has 0 aromatic heterocycles. The topological polar surface area (TPSA) is 66.4 Å². The Kier molecular flexibility index (Phi) is 3.28. The van der Waals surface area contributed by atoms with Crippen LogP contribution >= 0.6 is 0 Å². The second kappa shape index (κ2) is 4.25. The number of carboxylic acid groups (broad SMARTS) is 1. The number of carbonyl (C=O) groups excluding carboxylic acids is 1. The molecule has 0 radical (unpaired) electrons. The maximum Gasteiger partial charge on any atom is 0.305 e. The van der Waals surface area contributed by atoms with Gasteiger partial charge in [0.15, 0.2) is 0 Å². The van der Waals surface area contributed by atoms with Gasteiger partial charge in [0.25, 0.3) is 0 Å². The van der Waals surface area contributed by atoms with Crippen LogP contribution in [0.3, 0.4) is 0 Å². The van der Waals surface area contributed by atoms with Crippen LogP contribution in [0.15, 0.2) is 0 Å². The zero-order chi connectivity index (χ0) is 9.84. The van der Waals surface area contributed by atoms with Gasteiger partial charge >= 0.3 is 5.97 Å². The highest BCUT2D eigenvalue weighted by atomic mass is 16.4. The zero-order valence-electron chi connectivity index (χ0n) is 7.75. The van der Waals surface area contributed by atoms with Crippen LogP contribution < -0.4 is 5.32 Å². The van der Waals surface area contributed by atoms with Gasteiger partial charge in [0, 0.05) is 12.5 Å². The molecule has 4 nitrogen and oxygen atoms in total. The minimum absolute atomic E-state index is 0.00356.